The van der Waals surface area contributed by atoms with Crippen molar-refractivity contribution in [1.29, 1.82) is 0 Å². The smallest absolute Gasteiger partial charge is 0.478 e. The van der Waals surface area contributed by atoms with Crippen LogP contribution in [-0.4, -0.2) is 41.9 Å². The van der Waals surface area contributed by atoms with Gasteiger partial charge in [0, 0.05) is 25.4 Å². The van der Waals surface area contributed by atoms with Crippen molar-refractivity contribution in [3.8, 4) is 16.9 Å². The summed E-state index contributed by atoms with van der Waals surface area (Å²) in [5.41, 5.74) is 2.47. The molecule has 0 heterocycles. The summed E-state index contributed by atoms with van der Waals surface area (Å²) in [6.07, 6.45) is -4.96. The van der Waals surface area contributed by atoms with E-state index in [4.69, 9.17) is 0 Å². The topological polar surface area (TPSA) is 78.9 Å². The van der Waals surface area contributed by atoms with Gasteiger partial charge in [0.15, 0.2) is 0 Å². The summed E-state index contributed by atoms with van der Waals surface area (Å²) in [6.45, 7) is 4.55. The van der Waals surface area contributed by atoms with Gasteiger partial charge in [-0.3, -0.25) is 4.79 Å². The van der Waals surface area contributed by atoms with Gasteiger partial charge in [0.25, 0.3) is 0 Å². The molecule has 230 valence electrons. The fourth-order valence-electron chi connectivity index (χ4n) is 5.34. The number of amides is 1. The Labute approximate surface area is 246 Å². The molecule has 3 aromatic rings. The lowest BCUT2D eigenvalue weighted by atomic mass is 9.90. The van der Waals surface area contributed by atoms with E-state index in [0.717, 1.165) is 12.1 Å². The Bertz CT molecular complexity index is 1430. The van der Waals surface area contributed by atoms with Gasteiger partial charge in [0.1, 0.15) is 5.75 Å². The lowest BCUT2D eigenvalue weighted by Gasteiger charge is -2.40. The largest absolute Gasteiger partial charge is 0.573 e. The molecule has 1 amide bonds. The lowest BCUT2D eigenvalue weighted by molar-refractivity contribution is -0.274. The number of nitrogens with zero attached hydrogens (tertiary/aromatic N) is 1. The average Bonchev–Trinajstić information content (AvgIpc) is 2.92. The quantitative estimate of drug-likeness (QED) is 0.228. The van der Waals surface area contributed by atoms with Crippen LogP contribution < -0.4 is 15.0 Å². The van der Waals surface area contributed by atoms with E-state index in [1.165, 1.54) is 18.2 Å². The lowest BCUT2D eigenvalue weighted by Crippen LogP contribution is -2.43. The standard InChI is InChI=1S/C32H33F5N2O4/c1-20(2)19-39(23-13-15-31(33,34)16-14-23)28-12-9-22(25-5-3-4-6-26(25)30(41)42)18-27(28)38-29(40)17-21-7-10-24(11-8-21)43-32(35,36)37/h3-12,18,20,23H,13-17,19H2,1-2H3,(H,38,40)(H,41,42). The highest BCUT2D eigenvalue weighted by Gasteiger charge is 2.37. The van der Waals surface area contributed by atoms with Crippen LogP contribution in [0, 0.1) is 5.92 Å². The fourth-order valence-corrected chi connectivity index (χ4v) is 5.34. The third-order valence-electron chi connectivity index (χ3n) is 7.26. The summed E-state index contributed by atoms with van der Waals surface area (Å²) in [4.78, 5) is 27.2. The number of anilines is 2. The van der Waals surface area contributed by atoms with E-state index in [1.807, 2.05) is 18.7 Å². The van der Waals surface area contributed by atoms with Crippen molar-refractivity contribution >= 4 is 23.3 Å². The molecule has 0 spiro atoms. The van der Waals surface area contributed by atoms with E-state index in [-0.39, 0.29) is 49.6 Å². The van der Waals surface area contributed by atoms with E-state index in [2.05, 4.69) is 10.1 Å². The second kappa shape index (κ2) is 13.0. The molecule has 1 saturated carbocycles. The number of halogens is 5. The molecule has 0 atom stereocenters. The van der Waals surface area contributed by atoms with Crippen molar-refractivity contribution in [3.63, 3.8) is 0 Å². The second-order valence-corrected chi connectivity index (χ2v) is 11.1. The maximum atomic E-state index is 14.0. The summed E-state index contributed by atoms with van der Waals surface area (Å²) < 4.78 is 69.5. The molecular weight excluding hydrogens is 571 g/mol. The molecule has 4 rings (SSSR count). The average molecular weight is 605 g/mol. The minimum Gasteiger partial charge on any atom is -0.478 e. The van der Waals surface area contributed by atoms with Crippen molar-refractivity contribution in [1.82, 2.24) is 0 Å². The van der Waals surface area contributed by atoms with Gasteiger partial charge in [-0.15, -0.1) is 13.2 Å². The van der Waals surface area contributed by atoms with Crippen LogP contribution in [0.25, 0.3) is 11.1 Å². The molecular formula is C32H33F5N2O4. The molecule has 3 aromatic carbocycles. The van der Waals surface area contributed by atoms with Crippen molar-refractivity contribution in [3.05, 3.63) is 77.9 Å². The Morgan fingerprint density at radius 3 is 2.28 bits per heavy atom. The first kappa shape index (κ1) is 31.8. The number of carboxylic acid groups (broad SMARTS) is 1. The van der Waals surface area contributed by atoms with Gasteiger partial charge >= 0.3 is 12.3 Å². The number of carbonyl (C=O) groups is 2. The second-order valence-electron chi connectivity index (χ2n) is 11.1. The maximum absolute atomic E-state index is 14.0. The number of aromatic carboxylic acids is 1. The van der Waals surface area contributed by atoms with Crippen molar-refractivity contribution in [2.75, 3.05) is 16.8 Å². The molecule has 1 aliphatic rings. The molecule has 0 aromatic heterocycles. The van der Waals surface area contributed by atoms with Crippen LogP contribution in [0.5, 0.6) is 5.75 Å². The Kier molecular flexibility index (Phi) is 9.62. The highest BCUT2D eigenvalue weighted by Crippen LogP contribution is 2.40. The number of nitrogens with one attached hydrogen (secondary N) is 1. The van der Waals surface area contributed by atoms with Crippen molar-refractivity contribution < 1.29 is 41.4 Å². The molecule has 0 radical (unpaired) electrons. The molecule has 43 heavy (non-hydrogen) atoms. The van der Waals surface area contributed by atoms with Crippen LogP contribution in [0.3, 0.4) is 0 Å². The Morgan fingerprint density at radius 1 is 1.02 bits per heavy atom. The first-order chi connectivity index (χ1) is 20.2. The van der Waals surface area contributed by atoms with E-state index >= 15 is 0 Å². The molecule has 6 nitrogen and oxygen atoms in total. The number of benzene rings is 3. The minimum atomic E-state index is -4.84. The summed E-state index contributed by atoms with van der Waals surface area (Å²) >= 11 is 0. The highest BCUT2D eigenvalue weighted by atomic mass is 19.4. The molecule has 0 bridgehead atoms. The van der Waals surface area contributed by atoms with Crippen LogP contribution in [0.15, 0.2) is 66.7 Å². The van der Waals surface area contributed by atoms with Crippen LogP contribution in [-0.2, 0) is 11.2 Å². The van der Waals surface area contributed by atoms with E-state index in [0.29, 0.717) is 34.6 Å². The third kappa shape index (κ3) is 8.68. The van der Waals surface area contributed by atoms with Gasteiger partial charge in [-0.05, 0) is 65.8 Å². The zero-order valence-electron chi connectivity index (χ0n) is 23.8. The minimum absolute atomic E-state index is 0.0715. The number of hydrogen-bond donors (Lipinski definition) is 2. The monoisotopic (exact) mass is 604 g/mol. The normalized spacial score (nSPS) is 15.3. The van der Waals surface area contributed by atoms with Gasteiger partial charge in [-0.25, -0.2) is 13.6 Å². The number of carboxylic acids is 1. The summed E-state index contributed by atoms with van der Waals surface area (Å²) in [5, 5.41) is 12.6. The summed E-state index contributed by atoms with van der Waals surface area (Å²) in [7, 11) is 0. The van der Waals surface area contributed by atoms with Crippen molar-refractivity contribution in [2.45, 2.75) is 64.3 Å². The van der Waals surface area contributed by atoms with E-state index in [1.54, 1.807) is 36.4 Å². The zero-order chi connectivity index (χ0) is 31.4. The molecule has 1 aliphatic carbocycles. The van der Waals surface area contributed by atoms with Crippen LogP contribution in [0.4, 0.5) is 33.3 Å². The Balaban J connectivity index is 1.68. The maximum Gasteiger partial charge on any atom is 0.573 e. The number of carbonyl (C=O) groups excluding carboxylic acids is 1. The first-order valence-corrected chi connectivity index (χ1v) is 14.0. The number of alkyl halides is 5. The van der Waals surface area contributed by atoms with Gasteiger partial charge in [0.05, 0.1) is 23.4 Å². The predicted molar refractivity (Wildman–Crippen MR) is 154 cm³/mol. The molecule has 0 aliphatic heterocycles. The van der Waals surface area contributed by atoms with Crippen molar-refractivity contribution in [2.24, 2.45) is 5.92 Å². The fraction of sp³-hybridized carbons (Fsp3) is 0.375. The van der Waals surface area contributed by atoms with Gasteiger partial charge in [-0.1, -0.05) is 50.2 Å². The highest BCUT2D eigenvalue weighted by molar-refractivity contribution is 5.99. The van der Waals surface area contributed by atoms with Gasteiger partial charge in [-0.2, -0.15) is 0 Å². The molecule has 0 saturated heterocycles. The van der Waals surface area contributed by atoms with Gasteiger partial charge < -0.3 is 20.1 Å². The van der Waals surface area contributed by atoms with E-state index < -0.39 is 29.9 Å². The molecule has 11 heteroatoms. The summed E-state index contributed by atoms with van der Waals surface area (Å²) in [6, 6.07) is 16.4. The number of hydrogen-bond acceptors (Lipinski definition) is 4. The predicted octanol–water partition coefficient (Wildman–Crippen LogP) is 8.17. The molecule has 2 N–H and O–H groups in total. The Hall–Kier alpha value is -4.15. The van der Waals surface area contributed by atoms with Crippen LogP contribution in [0.1, 0.15) is 55.5 Å². The van der Waals surface area contributed by atoms with Crippen LogP contribution >= 0.6 is 0 Å². The first-order valence-electron chi connectivity index (χ1n) is 14.0. The Morgan fingerprint density at radius 2 is 1.67 bits per heavy atom. The van der Waals surface area contributed by atoms with Gasteiger partial charge in [0.2, 0.25) is 11.8 Å². The number of rotatable bonds is 10. The van der Waals surface area contributed by atoms with Crippen LogP contribution in [0.2, 0.25) is 0 Å². The SMILES string of the molecule is CC(C)CN(c1ccc(-c2ccccc2C(=O)O)cc1NC(=O)Cc1ccc(OC(F)(F)F)cc1)C1CCC(F)(F)CC1. The molecule has 0 unspecified atom stereocenters. The summed E-state index contributed by atoms with van der Waals surface area (Å²) in [5.74, 6) is -4.55. The number of ether oxygens (including phenoxy) is 1. The zero-order valence-corrected chi connectivity index (χ0v) is 23.8. The molecule has 1 fully saturated rings. The van der Waals surface area contributed by atoms with E-state index in [9.17, 15) is 36.6 Å². The third-order valence-corrected chi connectivity index (χ3v) is 7.26.